The number of carbonyl (C=O) groups excluding carboxylic acids is 1. The molecule has 6 heteroatoms. The Hall–Kier alpha value is -3.85. The summed E-state index contributed by atoms with van der Waals surface area (Å²) in [6, 6.07) is 17.5. The molecule has 0 saturated heterocycles. The summed E-state index contributed by atoms with van der Waals surface area (Å²) in [5.41, 5.74) is 4.43. The van der Waals surface area contributed by atoms with Crippen molar-refractivity contribution in [2.75, 3.05) is 13.2 Å². The van der Waals surface area contributed by atoms with Crippen LogP contribution in [0.1, 0.15) is 22.6 Å². The Kier molecular flexibility index (Phi) is 5.36. The second kappa shape index (κ2) is 8.26. The number of halogens is 2. The van der Waals surface area contributed by atoms with E-state index in [2.05, 4.69) is 29.3 Å². The van der Waals surface area contributed by atoms with Crippen molar-refractivity contribution in [3.8, 4) is 28.7 Å². The second-order valence-corrected chi connectivity index (χ2v) is 6.76. The highest BCUT2D eigenvalue weighted by atomic mass is 19.2. The summed E-state index contributed by atoms with van der Waals surface area (Å²) in [7, 11) is 0. The fourth-order valence-corrected chi connectivity index (χ4v) is 3.54. The van der Waals surface area contributed by atoms with Gasteiger partial charge in [-0.05, 0) is 28.3 Å². The van der Waals surface area contributed by atoms with Crippen LogP contribution in [0.2, 0.25) is 0 Å². The van der Waals surface area contributed by atoms with E-state index in [0.717, 1.165) is 28.3 Å². The van der Waals surface area contributed by atoms with Crippen LogP contribution in [0.25, 0.3) is 11.1 Å². The van der Waals surface area contributed by atoms with Gasteiger partial charge in [0.1, 0.15) is 12.4 Å². The average Bonchev–Trinajstić information content (AvgIpc) is 3.07. The van der Waals surface area contributed by atoms with Gasteiger partial charge < -0.3 is 15.2 Å². The van der Waals surface area contributed by atoms with Crippen LogP contribution in [-0.2, 0) is 4.74 Å². The summed E-state index contributed by atoms with van der Waals surface area (Å²) in [4.78, 5) is 12.0. The zero-order valence-corrected chi connectivity index (χ0v) is 15.8. The summed E-state index contributed by atoms with van der Waals surface area (Å²) in [6.45, 7) is 0.104. The molecule has 0 radical (unpaired) electrons. The first-order chi connectivity index (χ1) is 14.5. The minimum Gasteiger partial charge on any atom is -0.507 e. The van der Waals surface area contributed by atoms with Gasteiger partial charge in [-0.1, -0.05) is 60.4 Å². The number of nitrogens with one attached hydrogen (secondary N) is 1. The monoisotopic (exact) mass is 405 g/mol. The first-order valence-corrected chi connectivity index (χ1v) is 9.30. The van der Waals surface area contributed by atoms with Crippen LogP contribution in [0.5, 0.6) is 5.75 Å². The molecule has 0 heterocycles. The molecule has 0 unspecified atom stereocenters. The van der Waals surface area contributed by atoms with Crippen LogP contribution in [0, 0.1) is 23.5 Å². The highest BCUT2D eigenvalue weighted by molar-refractivity contribution is 5.79. The van der Waals surface area contributed by atoms with Crippen molar-refractivity contribution >= 4 is 6.09 Å². The predicted molar refractivity (Wildman–Crippen MR) is 108 cm³/mol. The van der Waals surface area contributed by atoms with Crippen molar-refractivity contribution < 1.29 is 23.4 Å². The van der Waals surface area contributed by atoms with Gasteiger partial charge in [-0.25, -0.2) is 13.6 Å². The van der Waals surface area contributed by atoms with Crippen LogP contribution >= 0.6 is 0 Å². The lowest BCUT2D eigenvalue weighted by Crippen LogP contribution is -2.26. The maximum absolute atomic E-state index is 13.2. The Morgan fingerprint density at radius 1 is 1.00 bits per heavy atom. The standard InChI is InChI=1S/C24H17F2NO3/c25-21-12-15(23(28)13-22(21)26)6-5-11-27-24(29)30-14-20-18-9-3-1-7-16(18)17-8-2-4-10-19(17)20/h1-4,7-10,12-13,20,28H,11,14H2,(H,27,29). The molecule has 1 amide bonds. The summed E-state index contributed by atoms with van der Waals surface area (Å²) in [6.07, 6.45) is -0.638. The number of ether oxygens (including phenoxy) is 1. The molecule has 3 aromatic rings. The highest BCUT2D eigenvalue weighted by Gasteiger charge is 2.28. The number of amides is 1. The number of phenolic OH excluding ortho intramolecular Hbond substituents is 1. The van der Waals surface area contributed by atoms with Crippen molar-refractivity contribution in [3.63, 3.8) is 0 Å². The van der Waals surface area contributed by atoms with E-state index in [1.165, 1.54) is 0 Å². The largest absolute Gasteiger partial charge is 0.507 e. The molecule has 0 bridgehead atoms. The molecular formula is C24H17F2NO3. The molecule has 1 aliphatic rings. The quantitative estimate of drug-likeness (QED) is 0.628. The third-order valence-electron chi connectivity index (χ3n) is 4.93. The van der Waals surface area contributed by atoms with E-state index in [1.807, 2.05) is 36.4 Å². The van der Waals surface area contributed by atoms with E-state index in [0.29, 0.717) is 6.07 Å². The molecule has 0 saturated carbocycles. The van der Waals surface area contributed by atoms with Gasteiger partial charge in [0.05, 0.1) is 12.1 Å². The first kappa shape index (κ1) is 19.5. The van der Waals surface area contributed by atoms with Gasteiger partial charge in [-0.2, -0.15) is 0 Å². The third kappa shape index (κ3) is 3.83. The highest BCUT2D eigenvalue weighted by Crippen LogP contribution is 2.44. The molecule has 3 aromatic carbocycles. The van der Waals surface area contributed by atoms with Crippen molar-refractivity contribution in [1.82, 2.24) is 5.32 Å². The molecule has 4 rings (SSSR count). The van der Waals surface area contributed by atoms with E-state index in [4.69, 9.17) is 4.74 Å². The zero-order chi connectivity index (χ0) is 21.1. The van der Waals surface area contributed by atoms with E-state index < -0.39 is 23.5 Å². The third-order valence-corrected chi connectivity index (χ3v) is 4.93. The van der Waals surface area contributed by atoms with Gasteiger partial charge in [0, 0.05) is 12.0 Å². The van der Waals surface area contributed by atoms with E-state index in [9.17, 15) is 18.7 Å². The lowest BCUT2D eigenvalue weighted by molar-refractivity contribution is 0.144. The molecule has 0 aromatic heterocycles. The van der Waals surface area contributed by atoms with Gasteiger partial charge in [0.2, 0.25) is 0 Å². The number of hydrogen-bond donors (Lipinski definition) is 2. The SMILES string of the molecule is O=C(NCC#Cc1cc(F)c(F)cc1O)OCC1c2ccccc2-c2ccccc21. The maximum atomic E-state index is 13.2. The number of aromatic hydroxyl groups is 1. The van der Waals surface area contributed by atoms with Gasteiger partial charge in [0.25, 0.3) is 0 Å². The molecular weight excluding hydrogens is 388 g/mol. The predicted octanol–water partition coefficient (Wildman–Crippen LogP) is 4.56. The smallest absolute Gasteiger partial charge is 0.407 e. The molecule has 0 spiro atoms. The fraction of sp³-hybridized carbons (Fsp3) is 0.125. The van der Waals surface area contributed by atoms with Crippen LogP contribution in [0.3, 0.4) is 0 Å². The van der Waals surface area contributed by atoms with E-state index in [-0.39, 0.29) is 24.6 Å². The van der Waals surface area contributed by atoms with Crippen LogP contribution in [0.4, 0.5) is 13.6 Å². The summed E-state index contributed by atoms with van der Waals surface area (Å²) in [5, 5.41) is 12.1. The van der Waals surface area contributed by atoms with Gasteiger partial charge >= 0.3 is 6.09 Å². The van der Waals surface area contributed by atoms with Crippen LogP contribution in [-0.4, -0.2) is 24.4 Å². The Morgan fingerprint density at radius 2 is 1.60 bits per heavy atom. The molecule has 0 atom stereocenters. The normalized spacial score (nSPS) is 11.8. The summed E-state index contributed by atoms with van der Waals surface area (Å²) < 4.78 is 31.6. The van der Waals surface area contributed by atoms with Crippen molar-refractivity contribution in [2.45, 2.75) is 5.92 Å². The molecule has 2 N–H and O–H groups in total. The summed E-state index contributed by atoms with van der Waals surface area (Å²) >= 11 is 0. The number of phenols is 1. The van der Waals surface area contributed by atoms with Gasteiger partial charge in [-0.3, -0.25) is 0 Å². The second-order valence-electron chi connectivity index (χ2n) is 6.76. The molecule has 4 nitrogen and oxygen atoms in total. The Bertz CT molecular complexity index is 1140. The molecule has 0 fully saturated rings. The number of alkyl carbamates (subject to hydrolysis) is 1. The number of carbonyl (C=O) groups is 1. The van der Waals surface area contributed by atoms with Gasteiger partial charge in [-0.15, -0.1) is 0 Å². The number of rotatable bonds is 3. The molecule has 0 aliphatic heterocycles. The Morgan fingerprint density at radius 3 is 2.27 bits per heavy atom. The van der Waals surface area contributed by atoms with Gasteiger partial charge in [0.15, 0.2) is 11.6 Å². The van der Waals surface area contributed by atoms with Crippen molar-refractivity contribution in [3.05, 3.63) is 89.0 Å². The Balaban J connectivity index is 1.36. The number of benzene rings is 3. The van der Waals surface area contributed by atoms with E-state index >= 15 is 0 Å². The molecule has 150 valence electrons. The lowest BCUT2D eigenvalue weighted by atomic mass is 9.98. The van der Waals surface area contributed by atoms with Crippen molar-refractivity contribution in [1.29, 1.82) is 0 Å². The number of fused-ring (bicyclic) bond motifs is 3. The van der Waals surface area contributed by atoms with Crippen molar-refractivity contribution in [2.24, 2.45) is 0 Å². The Labute approximate surface area is 172 Å². The minimum atomic E-state index is -1.16. The summed E-state index contributed by atoms with van der Waals surface area (Å²) in [5.74, 6) is 2.27. The molecule has 1 aliphatic carbocycles. The average molecular weight is 405 g/mol. The van der Waals surface area contributed by atoms with Crippen LogP contribution < -0.4 is 5.32 Å². The minimum absolute atomic E-state index is 0.0478. The zero-order valence-electron chi connectivity index (χ0n) is 15.8. The molecule has 30 heavy (non-hydrogen) atoms. The maximum Gasteiger partial charge on any atom is 0.407 e. The first-order valence-electron chi connectivity index (χ1n) is 9.30. The number of hydrogen-bond acceptors (Lipinski definition) is 3. The lowest BCUT2D eigenvalue weighted by Gasteiger charge is -2.14. The fourth-order valence-electron chi connectivity index (χ4n) is 3.54. The van der Waals surface area contributed by atoms with Crippen LogP contribution in [0.15, 0.2) is 60.7 Å². The van der Waals surface area contributed by atoms with E-state index in [1.54, 1.807) is 0 Å². The topological polar surface area (TPSA) is 58.6 Å².